The van der Waals surface area contributed by atoms with E-state index in [4.69, 9.17) is 10.6 Å². The van der Waals surface area contributed by atoms with E-state index in [9.17, 15) is 4.57 Å². The molecule has 0 fully saturated rings. The number of rotatable bonds is 2. The van der Waals surface area contributed by atoms with Crippen molar-refractivity contribution >= 4 is 7.37 Å². The summed E-state index contributed by atoms with van der Waals surface area (Å²) < 4.78 is 10.3. The van der Waals surface area contributed by atoms with Gasteiger partial charge in [-0.25, -0.2) is 0 Å². The zero-order chi connectivity index (χ0) is 5.91. The zero-order valence-corrected chi connectivity index (χ0v) is 5.19. The molecule has 7 heavy (non-hydrogen) atoms. The third-order valence-electron chi connectivity index (χ3n) is 0.544. The smallest absolute Gasteiger partial charge is 0.198 e. The van der Waals surface area contributed by atoms with Crippen molar-refractivity contribution in [2.24, 2.45) is 5.73 Å². The number of hydrogen-bond donors (Lipinski definition) is 2. The van der Waals surface area contributed by atoms with Gasteiger partial charge in [0, 0.05) is 19.4 Å². The number of nitrogens with two attached hydrogens (primary N) is 1. The predicted molar refractivity (Wildman–Crippen MR) is 29.7 cm³/mol. The maximum absolute atomic E-state index is 10.3. The van der Waals surface area contributed by atoms with E-state index in [0.29, 0.717) is 6.54 Å². The Kier molecular flexibility index (Phi) is 2.51. The first-order valence-corrected chi connectivity index (χ1v) is 4.35. The van der Waals surface area contributed by atoms with Gasteiger partial charge in [-0.1, -0.05) is 0 Å². The predicted octanol–water partition coefficient (Wildman–Crippen LogP) is -0.155. The quantitative estimate of drug-likeness (QED) is 0.501. The van der Waals surface area contributed by atoms with Crippen LogP contribution in [0.3, 0.4) is 0 Å². The summed E-state index contributed by atoms with van der Waals surface area (Å²) in [6.07, 6.45) is 0.229. The molecule has 0 spiro atoms. The monoisotopic (exact) mass is 123 g/mol. The van der Waals surface area contributed by atoms with Gasteiger partial charge in [-0.15, -0.1) is 0 Å². The molecule has 0 aliphatic rings. The van der Waals surface area contributed by atoms with Crippen LogP contribution < -0.4 is 5.73 Å². The lowest BCUT2D eigenvalue weighted by molar-refractivity contribution is 0.485. The molecule has 0 radical (unpaired) electrons. The highest BCUT2D eigenvalue weighted by molar-refractivity contribution is 7.57. The highest BCUT2D eigenvalue weighted by Gasteiger charge is 2.05. The lowest BCUT2D eigenvalue weighted by Gasteiger charge is -1.98. The molecule has 44 valence electrons. The lowest BCUT2D eigenvalue weighted by atomic mass is 10.8. The average molecular weight is 123 g/mol. The summed E-state index contributed by atoms with van der Waals surface area (Å²) in [6, 6.07) is 0. The molecule has 0 aromatic heterocycles. The Morgan fingerprint density at radius 1 is 1.86 bits per heavy atom. The Bertz CT molecular complexity index is 86.9. The van der Waals surface area contributed by atoms with Crippen LogP contribution in [-0.2, 0) is 4.57 Å². The summed E-state index contributed by atoms with van der Waals surface area (Å²) in [6.45, 7) is 1.60. The normalized spacial score (nSPS) is 18.7. The second-order valence-corrected chi connectivity index (χ2v) is 4.11. The Hall–Kier alpha value is 0.150. The van der Waals surface area contributed by atoms with E-state index in [2.05, 4.69) is 0 Å². The van der Waals surface area contributed by atoms with Crippen molar-refractivity contribution in [2.75, 3.05) is 19.4 Å². The Morgan fingerprint density at radius 3 is 2.29 bits per heavy atom. The number of hydrogen-bond acceptors (Lipinski definition) is 2. The van der Waals surface area contributed by atoms with Crippen LogP contribution >= 0.6 is 7.37 Å². The van der Waals surface area contributed by atoms with Gasteiger partial charge in [-0.3, -0.25) is 4.57 Å². The van der Waals surface area contributed by atoms with Gasteiger partial charge in [0.15, 0.2) is 7.37 Å². The van der Waals surface area contributed by atoms with E-state index in [1.54, 1.807) is 0 Å². The van der Waals surface area contributed by atoms with E-state index >= 15 is 0 Å². The SMILES string of the molecule is CP(=O)(O)CCN. The molecule has 3 N–H and O–H groups in total. The average Bonchev–Trinajstić information content (AvgIpc) is 1.30. The fourth-order valence-corrected chi connectivity index (χ4v) is 0.719. The molecule has 0 amide bonds. The first-order chi connectivity index (χ1) is 3.06. The molecule has 0 aromatic carbocycles. The molecular weight excluding hydrogens is 113 g/mol. The van der Waals surface area contributed by atoms with Crippen LogP contribution in [0.2, 0.25) is 0 Å². The molecule has 3 nitrogen and oxygen atoms in total. The van der Waals surface area contributed by atoms with Gasteiger partial charge in [0.25, 0.3) is 0 Å². The van der Waals surface area contributed by atoms with Crippen LogP contribution in [0.1, 0.15) is 0 Å². The van der Waals surface area contributed by atoms with Crippen molar-refractivity contribution < 1.29 is 9.46 Å². The van der Waals surface area contributed by atoms with Gasteiger partial charge >= 0.3 is 0 Å². The molecule has 0 heterocycles. The molecule has 0 saturated heterocycles. The molecule has 0 rings (SSSR count). The van der Waals surface area contributed by atoms with Gasteiger partial charge in [-0.05, 0) is 0 Å². The second kappa shape index (κ2) is 2.46. The van der Waals surface area contributed by atoms with Gasteiger partial charge in [0.2, 0.25) is 0 Å². The van der Waals surface area contributed by atoms with Gasteiger partial charge in [0.1, 0.15) is 0 Å². The van der Waals surface area contributed by atoms with E-state index in [1.165, 1.54) is 6.66 Å². The minimum atomic E-state index is -2.79. The Balaban J connectivity index is 3.36. The van der Waals surface area contributed by atoms with E-state index < -0.39 is 7.37 Å². The minimum Gasteiger partial charge on any atom is -0.344 e. The maximum Gasteiger partial charge on any atom is 0.198 e. The minimum absolute atomic E-state index is 0.229. The standard InChI is InChI=1S/C3H10NO2P/c1-7(5,6)3-2-4/h2-4H2,1H3,(H,5,6). The summed E-state index contributed by atoms with van der Waals surface area (Å²) >= 11 is 0. The highest BCUT2D eigenvalue weighted by atomic mass is 31.2. The molecule has 1 atom stereocenters. The summed E-state index contributed by atoms with van der Waals surface area (Å²) in [4.78, 5) is 8.49. The first-order valence-electron chi connectivity index (χ1n) is 2.05. The van der Waals surface area contributed by atoms with Crippen molar-refractivity contribution in [3.8, 4) is 0 Å². The van der Waals surface area contributed by atoms with Crippen LogP contribution in [0, 0.1) is 0 Å². The van der Waals surface area contributed by atoms with Crippen LogP contribution in [0.25, 0.3) is 0 Å². The zero-order valence-electron chi connectivity index (χ0n) is 4.29. The molecule has 1 unspecified atom stereocenters. The molecule has 0 saturated carbocycles. The summed E-state index contributed by atoms with van der Waals surface area (Å²) in [5.74, 6) is 0. The molecule has 0 aliphatic heterocycles. The van der Waals surface area contributed by atoms with E-state index in [1.807, 2.05) is 0 Å². The fraction of sp³-hybridized carbons (Fsp3) is 1.00. The summed E-state index contributed by atoms with van der Waals surface area (Å²) in [5, 5.41) is 0. The van der Waals surface area contributed by atoms with E-state index in [-0.39, 0.29) is 6.16 Å². The Labute approximate surface area is 43.0 Å². The van der Waals surface area contributed by atoms with Gasteiger partial charge in [-0.2, -0.15) is 0 Å². The van der Waals surface area contributed by atoms with Crippen molar-refractivity contribution in [3.63, 3.8) is 0 Å². The maximum atomic E-state index is 10.3. The topological polar surface area (TPSA) is 63.3 Å². The largest absolute Gasteiger partial charge is 0.344 e. The third-order valence-corrected chi connectivity index (χ3v) is 1.63. The van der Waals surface area contributed by atoms with Crippen molar-refractivity contribution in [1.29, 1.82) is 0 Å². The van der Waals surface area contributed by atoms with Crippen LogP contribution in [0.15, 0.2) is 0 Å². The van der Waals surface area contributed by atoms with Gasteiger partial charge in [0.05, 0.1) is 0 Å². The molecule has 0 bridgehead atoms. The first kappa shape index (κ1) is 7.15. The van der Waals surface area contributed by atoms with Crippen LogP contribution in [-0.4, -0.2) is 24.3 Å². The van der Waals surface area contributed by atoms with Crippen LogP contribution in [0.4, 0.5) is 0 Å². The molecule has 4 heteroatoms. The van der Waals surface area contributed by atoms with Crippen molar-refractivity contribution in [1.82, 2.24) is 0 Å². The molecule has 0 aliphatic carbocycles. The molecule has 0 aromatic rings. The lowest BCUT2D eigenvalue weighted by Crippen LogP contribution is -2.04. The fourth-order valence-electron chi connectivity index (χ4n) is 0.240. The highest BCUT2D eigenvalue weighted by Crippen LogP contribution is 2.33. The Morgan fingerprint density at radius 2 is 2.29 bits per heavy atom. The van der Waals surface area contributed by atoms with Crippen LogP contribution in [0.5, 0.6) is 0 Å². The van der Waals surface area contributed by atoms with Crippen molar-refractivity contribution in [3.05, 3.63) is 0 Å². The summed E-state index contributed by atoms with van der Waals surface area (Å²) in [7, 11) is -2.79. The second-order valence-electron chi connectivity index (χ2n) is 1.56. The molecular formula is C3H10NO2P. The summed E-state index contributed by atoms with van der Waals surface area (Å²) in [5.41, 5.74) is 4.98. The van der Waals surface area contributed by atoms with Crippen molar-refractivity contribution in [2.45, 2.75) is 0 Å². The van der Waals surface area contributed by atoms with E-state index in [0.717, 1.165) is 0 Å². The van der Waals surface area contributed by atoms with Gasteiger partial charge < -0.3 is 10.6 Å². The third kappa shape index (κ3) is 6.15.